The Morgan fingerprint density at radius 2 is 2.11 bits per heavy atom. The molecule has 104 valence electrons. The molecule has 1 heterocycles. The van der Waals surface area contributed by atoms with Crippen LogP contribution in [-0.2, 0) is 9.53 Å². The van der Waals surface area contributed by atoms with Gasteiger partial charge in [0.1, 0.15) is 5.82 Å². The molecule has 1 aromatic carbocycles. The molecule has 1 saturated heterocycles. The van der Waals surface area contributed by atoms with E-state index >= 15 is 0 Å². The maximum atomic E-state index is 12.9. The van der Waals surface area contributed by atoms with Crippen LogP contribution >= 0.6 is 0 Å². The lowest BCUT2D eigenvalue weighted by atomic mass is 10.1. The van der Waals surface area contributed by atoms with Crippen LogP contribution in [0.4, 0.5) is 4.39 Å². The quantitative estimate of drug-likeness (QED) is 0.907. The standard InChI is InChI=1S/C14H18FNO3/c1-10-8-16(7-6-14(17)18)9-13(19-10)11-2-4-12(15)5-3-11/h2-5,10,13H,6-9H2,1H3,(H,17,18)/t10-,13+/m1/s1. The molecule has 0 amide bonds. The largest absolute Gasteiger partial charge is 0.481 e. The topological polar surface area (TPSA) is 49.8 Å². The fourth-order valence-electron chi connectivity index (χ4n) is 2.34. The van der Waals surface area contributed by atoms with Gasteiger partial charge in [0, 0.05) is 19.6 Å². The normalized spacial score (nSPS) is 24.3. The fraction of sp³-hybridized carbons (Fsp3) is 0.500. The second-order valence-electron chi connectivity index (χ2n) is 4.89. The molecule has 0 aliphatic carbocycles. The first-order valence-corrected chi connectivity index (χ1v) is 6.39. The third kappa shape index (κ3) is 4.01. The van der Waals surface area contributed by atoms with Crippen molar-refractivity contribution >= 4 is 5.97 Å². The van der Waals surface area contributed by atoms with Crippen LogP contribution in [0.3, 0.4) is 0 Å². The average Bonchev–Trinajstić information content (AvgIpc) is 2.36. The van der Waals surface area contributed by atoms with E-state index in [-0.39, 0.29) is 24.4 Å². The molecular weight excluding hydrogens is 249 g/mol. The number of benzene rings is 1. The van der Waals surface area contributed by atoms with Gasteiger partial charge in [-0.2, -0.15) is 0 Å². The summed E-state index contributed by atoms with van der Waals surface area (Å²) < 4.78 is 18.7. The van der Waals surface area contributed by atoms with Crippen LogP contribution in [0.5, 0.6) is 0 Å². The van der Waals surface area contributed by atoms with Crippen molar-refractivity contribution in [1.29, 1.82) is 0 Å². The Morgan fingerprint density at radius 1 is 1.42 bits per heavy atom. The molecule has 0 radical (unpaired) electrons. The Kier molecular flexibility index (Phi) is 4.50. The minimum atomic E-state index is -0.794. The Morgan fingerprint density at radius 3 is 2.74 bits per heavy atom. The Hall–Kier alpha value is -1.46. The molecule has 5 heteroatoms. The van der Waals surface area contributed by atoms with Crippen molar-refractivity contribution < 1.29 is 19.0 Å². The summed E-state index contributed by atoms with van der Waals surface area (Å²) in [5, 5.41) is 8.72. The van der Waals surface area contributed by atoms with E-state index in [0.29, 0.717) is 13.1 Å². The van der Waals surface area contributed by atoms with Crippen LogP contribution in [0.1, 0.15) is 25.0 Å². The summed E-state index contributed by atoms with van der Waals surface area (Å²) in [4.78, 5) is 12.7. The molecule has 1 aromatic rings. The number of carbonyl (C=O) groups is 1. The average molecular weight is 267 g/mol. The van der Waals surface area contributed by atoms with Gasteiger partial charge in [-0.1, -0.05) is 12.1 Å². The number of carboxylic acids is 1. The predicted octanol–water partition coefficient (Wildman–Crippen LogP) is 2.06. The lowest BCUT2D eigenvalue weighted by Gasteiger charge is -2.36. The maximum Gasteiger partial charge on any atom is 0.304 e. The van der Waals surface area contributed by atoms with Crippen molar-refractivity contribution in [2.24, 2.45) is 0 Å². The number of nitrogens with zero attached hydrogens (tertiary/aromatic N) is 1. The highest BCUT2D eigenvalue weighted by Gasteiger charge is 2.26. The van der Waals surface area contributed by atoms with E-state index in [1.807, 2.05) is 6.92 Å². The molecular formula is C14H18FNO3. The number of rotatable bonds is 4. The van der Waals surface area contributed by atoms with E-state index in [0.717, 1.165) is 12.1 Å². The van der Waals surface area contributed by atoms with Crippen molar-refractivity contribution in [3.8, 4) is 0 Å². The van der Waals surface area contributed by atoms with Crippen molar-refractivity contribution in [2.45, 2.75) is 25.6 Å². The number of ether oxygens (including phenoxy) is 1. The van der Waals surface area contributed by atoms with E-state index in [1.165, 1.54) is 12.1 Å². The maximum absolute atomic E-state index is 12.9. The van der Waals surface area contributed by atoms with Gasteiger partial charge < -0.3 is 9.84 Å². The van der Waals surface area contributed by atoms with E-state index in [2.05, 4.69) is 4.90 Å². The first-order chi connectivity index (χ1) is 9.04. The van der Waals surface area contributed by atoms with Gasteiger partial charge in [0.05, 0.1) is 18.6 Å². The van der Waals surface area contributed by atoms with E-state index in [9.17, 15) is 9.18 Å². The first kappa shape index (κ1) is 14.0. The van der Waals surface area contributed by atoms with E-state index in [1.54, 1.807) is 12.1 Å². The summed E-state index contributed by atoms with van der Waals surface area (Å²) in [7, 11) is 0. The lowest BCUT2D eigenvalue weighted by molar-refractivity contribution is -0.138. The van der Waals surface area contributed by atoms with Crippen molar-refractivity contribution in [2.75, 3.05) is 19.6 Å². The number of hydrogen-bond acceptors (Lipinski definition) is 3. The Bertz CT molecular complexity index is 435. The minimum Gasteiger partial charge on any atom is -0.481 e. The van der Waals surface area contributed by atoms with E-state index < -0.39 is 5.97 Å². The van der Waals surface area contributed by atoms with Crippen molar-refractivity contribution in [3.05, 3.63) is 35.6 Å². The van der Waals surface area contributed by atoms with Gasteiger partial charge in [0.15, 0.2) is 0 Å². The van der Waals surface area contributed by atoms with Crippen molar-refractivity contribution in [1.82, 2.24) is 4.90 Å². The summed E-state index contributed by atoms with van der Waals surface area (Å²) in [6.45, 7) is 3.85. The van der Waals surface area contributed by atoms with Crippen LogP contribution in [0.15, 0.2) is 24.3 Å². The number of carboxylic acid groups (broad SMARTS) is 1. The zero-order chi connectivity index (χ0) is 13.8. The first-order valence-electron chi connectivity index (χ1n) is 6.39. The zero-order valence-corrected chi connectivity index (χ0v) is 10.9. The molecule has 0 bridgehead atoms. The number of hydrogen-bond donors (Lipinski definition) is 1. The highest BCUT2D eigenvalue weighted by atomic mass is 19.1. The molecule has 0 spiro atoms. The van der Waals surface area contributed by atoms with Crippen LogP contribution in [0.25, 0.3) is 0 Å². The minimum absolute atomic E-state index is 0.0394. The predicted molar refractivity (Wildman–Crippen MR) is 68.4 cm³/mol. The van der Waals surface area contributed by atoms with Crippen LogP contribution < -0.4 is 0 Å². The van der Waals surface area contributed by atoms with Gasteiger partial charge in [0.25, 0.3) is 0 Å². The molecule has 2 atom stereocenters. The zero-order valence-electron chi connectivity index (χ0n) is 10.9. The van der Waals surface area contributed by atoms with Crippen LogP contribution in [-0.4, -0.2) is 41.7 Å². The van der Waals surface area contributed by atoms with E-state index in [4.69, 9.17) is 9.84 Å². The van der Waals surface area contributed by atoms with Crippen molar-refractivity contribution in [3.63, 3.8) is 0 Å². The smallest absolute Gasteiger partial charge is 0.304 e. The number of aliphatic carboxylic acids is 1. The molecule has 19 heavy (non-hydrogen) atoms. The van der Waals surface area contributed by atoms with Gasteiger partial charge in [0.2, 0.25) is 0 Å². The molecule has 0 aromatic heterocycles. The van der Waals surface area contributed by atoms with Gasteiger partial charge in [-0.3, -0.25) is 9.69 Å². The molecule has 4 nitrogen and oxygen atoms in total. The highest BCUT2D eigenvalue weighted by Crippen LogP contribution is 2.25. The van der Waals surface area contributed by atoms with Gasteiger partial charge in [-0.15, -0.1) is 0 Å². The fourth-order valence-corrected chi connectivity index (χ4v) is 2.34. The number of halogens is 1. The SMILES string of the molecule is C[C@@H]1CN(CCC(=O)O)C[C@@H](c2ccc(F)cc2)O1. The summed E-state index contributed by atoms with van der Waals surface area (Å²) >= 11 is 0. The number of morpholine rings is 1. The third-order valence-corrected chi connectivity index (χ3v) is 3.22. The molecule has 1 N–H and O–H groups in total. The Labute approximate surface area is 111 Å². The second-order valence-corrected chi connectivity index (χ2v) is 4.89. The van der Waals surface area contributed by atoms with Crippen LogP contribution in [0.2, 0.25) is 0 Å². The molecule has 1 aliphatic rings. The molecule has 2 rings (SSSR count). The molecule has 1 fully saturated rings. The third-order valence-electron chi connectivity index (χ3n) is 3.22. The highest BCUT2D eigenvalue weighted by molar-refractivity contribution is 5.66. The second kappa shape index (κ2) is 6.12. The molecule has 0 unspecified atom stereocenters. The molecule has 0 saturated carbocycles. The van der Waals surface area contributed by atoms with Gasteiger partial charge >= 0.3 is 5.97 Å². The Balaban J connectivity index is 2.00. The summed E-state index contributed by atoms with van der Waals surface area (Å²) in [6, 6.07) is 6.26. The lowest BCUT2D eigenvalue weighted by Crippen LogP contribution is -2.43. The summed E-state index contributed by atoms with van der Waals surface area (Å²) in [5.74, 6) is -1.06. The van der Waals surface area contributed by atoms with Gasteiger partial charge in [-0.05, 0) is 24.6 Å². The monoisotopic (exact) mass is 267 g/mol. The van der Waals surface area contributed by atoms with Gasteiger partial charge in [-0.25, -0.2) is 4.39 Å². The summed E-state index contributed by atoms with van der Waals surface area (Å²) in [5.41, 5.74) is 0.924. The molecule has 1 aliphatic heterocycles. The summed E-state index contributed by atoms with van der Waals surface area (Å²) in [6.07, 6.45) is 0.0406. The van der Waals surface area contributed by atoms with Crippen LogP contribution in [0, 0.1) is 5.82 Å².